The SMILES string of the molecule is CC/C=C\C/C=C\C/C=C\C/C=C\C/C=C\C/C=C\C/C=C\CCCCCCCCCCCC(=O)OCC(COC(=O)CCCCCCC)OC(=O)CCCCCC/C=C\C/C=C\C/C=C\C/C=C\CC. The van der Waals surface area contributed by atoms with Gasteiger partial charge in [-0.2, -0.15) is 0 Å². The van der Waals surface area contributed by atoms with Gasteiger partial charge in [-0.3, -0.25) is 14.4 Å². The molecule has 0 spiro atoms. The Morgan fingerprint density at radius 3 is 0.859 bits per heavy atom. The van der Waals surface area contributed by atoms with Crippen LogP contribution in [0.1, 0.15) is 239 Å². The summed E-state index contributed by atoms with van der Waals surface area (Å²) in [7, 11) is 0. The van der Waals surface area contributed by atoms with Crippen molar-refractivity contribution in [1.29, 1.82) is 0 Å². The zero-order valence-electron chi connectivity index (χ0n) is 45.7. The average Bonchev–Trinajstić information content (AvgIpc) is 3.37. The molecule has 0 aliphatic carbocycles. The highest BCUT2D eigenvalue weighted by Crippen LogP contribution is 2.14. The Bertz CT molecular complexity index is 1550. The van der Waals surface area contributed by atoms with Gasteiger partial charge in [0.15, 0.2) is 6.10 Å². The number of carbonyl (C=O) groups excluding carboxylic acids is 3. The Morgan fingerprint density at radius 2 is 0.549 bits per heavy atom. The van der Waals surface area contributed by atoms with Crippen molar-refractivity contribution >= 4 is 17.9 Å². The van der Waals surface area contributed by atoms with Crippen LogP contribution in [0, 0.1) is 0 Å². The van der Waals surface area contributed by atoms with Gasteiger partial charge in [-0.15, -0.1) is 0 Å². The molecule has 0 radical (unpaired) electrons. The van der Waals surface area contributed by atoms with E-state index in [9.17, 15) is 14.4 Å². The van der Waals surface area contributed by atoms with E-state index in [0.29, 0.717) is 19.3 Å². The molecule has 0 fully saturated rings. The number of hydrogen-bond donors (Lipinski definition) is 0. The summed E-state index contributed by atoms with van der Waals surface area (Å²) in [4.78, 5) is 37.8. The number of allylic oxidation sites excluding steroid dienone is 22. The molecular formula is C65H104O6. The molecule has 71 heavy (non-hydrogen) atoms. The van der Waals surface area contributed by atoms with E-state index < -0.39 is 6.10 Å². The van der Waals surface area contributed by atoms with E-state index in [1.165, 1.54) is 38.5 Å². The maximum absolute atomic E-state index is 12.8. The molecule has 6 nitrogen and oxygen atoms in total. The fourth-order valence-corrected chi connectivity index (χ4v) is 7.41. The largest absolute Gasteiger partial charge is 0.462 e. The van der Waals surface area contributed by atoms with Crippen LogP contribution in [0.25, 0.3) is 0 Å². The molecule has 0 rings (SSSR count). The second-order valence-electron chi connectivity index (χ2n) is 18.4. The molecule has 0 amide bonds. The van der Waals surface area contributed by atoms with E-state index in [0.717, 1.165) is 161 Å². The molecule has 0 saturated heterocycles. The number of hydrogen-bond acceptors (Lipinski definition) is 6. The third-order valence-electron chi connectivity index (χ3n) is 11.7. The topological polar surface area (TPSA) is 78.9 Å². The summed E-state index contributed by atoms with van der Waals surface area (Å²) >= 11 is 0. The lowest BCUT2D eigenvalue weighted by Crippen LogP contribution is -2.30. The van der Waals surface area contributed by atoms with Gasteiger partial charge >= 0.3 is 17.9 Å². The minimum atomic E-state index is -0.794. The van der Waals surface area contributed by atoms with Crippen LogP contribution in [-0.2, 0) is 28.6 Å². The molecule has 0 aromatic carbocycles. The molecule has 1 unspecified atom stereocenters. The van der Waals surface area contributed by atoms with Gasteiger partial charge in [-0.05, 0) is 116 Å². The van der Waals surface area contributed by atoms with E-state index in [4.69, 9.17) is 14.2 Å². The van der Waals surface area contributed by atoms with Gasteiger partial charge in [0.1, 0.15) is 13.2 Å². The molecule has 0 aliphatic heterocycles. The van der Waals surface area contributed by atoms with Crippen LogP contribution >= 0.6 is 0 Å². The van der Waals surface area contributed by atoms with Crippen molar-refractivity contribution in [3.63, 3.8) is 0 Å². The lowest BCUT2D eigenvalue weighted by molar-refractivity contribution is -0.167. The highest BCUT2D eigenvalue weighted by atomic mass is 16.6. The predicted molar refractivity (Wildman–Crippen MR) is 306 cm³/mol. The smallest absolute Gasteiger partial charge is 0.306 e. The molecule has 0 aliphatic rings. The monoisotopic (exact) mass is 981 g/mol. The summed E-state index contributed by atoms with van der Waals surface area (Å²) in [6, 6.07) is 0. The Kier molecular flexibility index (Phi) is 54.5. The van der Waals surface area contributed by atoms with E-state index in [1.807, 2.05) is 0 Å². The summed E-state index contributed by atoms with van der Waals surface area (Å²) in [5.41, 5.74) is 0. The average molecular weight is 982 g/mol. The minimum absolute atomic E-state index is 0.0938. The molecule has 0 N–H and O–H groups in total. The molecule has 400 valence electrons. The van der Waals surface area contributed by atoms with Gasteiger partial charge in [0, 0.05) is 19.3 Å². The molecule has 6 heteroatoms. The Balaban J connectivity index is 4.13. The van der Waals surface area contributed by atoms with E-state index in [2.05, 4.69) is 154 Å². The van der Waals surface area contributed by atoms with Gasteiger partial charge < -0.3 is 14.2 Å². The van der Waals surface area contributed by atoms with Crippen LogP contribution in [-0.4, -0.2) is 37.2 Å². The summed E-state index contributed by atoms with van der Waals surface area (Å²) in [5.74, 6) is -0.944. The Morgan fingerprint density at radius 1 is 0.296 bits per heavy atom. The maximum Gasteiger partial charge on any atom is 0.306 e. The van der Waals surface area contributed by atoms with Crippen LogP contribution in [0.3, 0.4) is 0 Å². The third kappa shape index (κ3) is 56.3. The minimum Gasteiger partial charge on any atom is -0.462 e. The number of unbranched alkanes of at least 4 members (excludes halogenated alkanes) is 17. The maximum atomic E-state index is 12.8. The second-order valence-corrected chi connectivity index (χ2v) is 18.4. The van der Waals surface area contributed by atoms with E-state index >= 15 is 0 Å². The van der Waals surface area contributed by atoms with Crippen molar-refractivity contribution in [1.82, 2.24) is 0 Å². The molecule has 0 heterocycles. The first-order valence-electron chi connectivity index (χ1n) is 28.7. The number of carbonyl (C=O) groups is 3. The number of ether oxygens (including phenoxy) is 3. The van der Waals surface area contributed by atoms with Crippen LogP contribution in [0.2, 0.25) is 0 Å². The van der Waals surface area contributed by atoms with E-state index in [1.54, 1.807) is 0 Å². The third-order valence-corrected chi connectivity index (χ3v) is 11.7. The lowest BCUT2D eigenvalue weighted by atomic mass is 10.1. The van der Waals surface area contributed by atoms with Crippen LogP contribution in [0.15, 0.2) is 134 Å². The molecule has 0 saturated carbocycles. The zero-order chi connectivity index (χ0) is 51.4. The summed E-state index contributed by atoms with van der Waals surface area (Å²) in [5, 5.41) is 0. The van der Waals surface area contributed by atoms with Gasteiger partial charge in [0.25, 0.3) is 0 Å². The first kappa shape index (κ1) is 66.6. The second kappa shape index (κ2) is 58.1. The standard InChI is InChI=1S/C65H104O6/c1-4-7-10-13-15-17-19-21-23-25-26-27-28-29-30-31-32-33-34-35-36-37-38-40-41-43-45-47-49-52-55-58-64(67)70-61-62(60-69-63(66)57-54-51-12-9-6-3)71-65(68)59-56-53-50-48-46-44-42-39-24-22-20-18-16-14-11-8-5-2/h7-8,10-11,15-18,21-24,26-27,29-30,32-33,35-36,42,44,62H,4-6,9,12-14,19-20,25,28,31,34,37-41,43,45-61H2,1-3H3/b10-7-,11-8-,17-15-,18-16-,23-21-,24-22-,27-26-,30-29-,33-32-,36-35-,44-42-. The van der Waals surface area contributed by atoms with Gasteiger partial charge in [0.05, 0.1) is 0 Å². The highest BCUT2D eigenvalue weighted by molar-refractivity contribution is 5.71. The van der Waals surface area contributed by atoms with Crippen LogP contribution < -0.4 is 0 Å². The predicted octanol–water partition coefficient (Wildman–Crippen LogP) is 19.4. The number of esters is 3. The molecule has 1 atom stereocenters. The quantitative estimate of drug-likeness (QED) is 0.0262. The van der Waals surface area contributed by atoms with Gasteiger partial charge in [0.2, 0.25) is 0 Å². The molecule has 0 aromatic heterocycles. The summed E-state index contributed by atoms with van der Waals surface area (Å²) in [6.45, 7) is 6.29. The first-order chi connectivity index (χ1) is 35.0. The zero-order valence-corrected chi connectivity index (χ0v) is 45.7. The van der Waals surface area contributed by atoms with Crippen LogP contribution in [0.5, 0.6) is 0 Å². The van der Waals surface area contributed by atoms with Crippen molar-refractivity contribution in [2.24, 2.45) is 0 Å². The van der Waals surface area contributed by atoms with Crippen molar-refractivity contribution < 1.29 is 28.6 Å². The van der Waals surface area contributed by atoms with Gasteiger partial charge in [-0.1, -0.05) is 238 Å². The lowest BCUT2D eigenvalue weighted by Gasteiger charge is -2.18. The summed E-state index contributed by atoms with van der Waals surface area (Å²) in [6.07, 6.45) is 82.0. The summed E-state index contributed by atoms with van der Waals surface area (Å²) < 4.78 is 16.7. The Labute approximate surface area is 436 Å². The molecule has 0 aromatic rings. The Hall–Kier alpha value is -4.45. The fraction of sp³-hybridized carbons (Fsp3) is 0.615. The fourth-order valence-electron chi connectivity index (χ4n) is 7.41. The van der Waals surface area contributed by atoms with Crippen LogP contribution in [0.4, 0.5) is 0 Å². The van der Waals surface area contributed by atoms with Crippen molar-refractivity contribution in [3.8, 4) is 0 Å². The first-order valence-corrected chi connectivity index (χ1v) is 28.7. The normalized spacial score (nSPS) is 13.1. The molecule has 0 bridgehead atoms. The van der Waals surface area contributed by atoms with Gasteiger partial charge in [-0.25, -0.2) is 0 Å². The van der Waals surface area contributed by atoms with E-state index in [-0.39, 0.29) is 31.1 Å². The van der Waals surface area contributed by atoms with Crippen molar-refractivity contribution in [2.45, 2.75) is 245 Å². The van der Waals surface area contributed by atoms with Crippen molar-refractivity contribution in [3.05, 3.63) is 134 Å². The highest BCUT2D eigenvalue weighted by Gasteiger charge is 2.19. The number of rotatable bonds is 50. The van der Waals surface area contributed by atoms with Crippen molar-refractivity contribution in [2.75, 3.05) is 13.2 Å². The molecular weight excluding hydrogens is 877 g/mol.